The number of fused-ring (bicyclic) bond motifs is 2. The van der Waals surface area contributed by atoms with E-state index in [1.165, 1.54) is 11.3 Å². The molecule has 2 atom stereocenters. The highest BCUT2D eigenvalue weighted by molar-refractivity contribution is 7.12. The molecule has 1 aliphatic carbocycles. The van der Waals surface area contributed by atoms with Crippen molar-refractivity contribution in [3.63, 3.8) is 0 Å². The van der Waals surface area contributed by atoms with Gasteiger partial charge in [-0.1, -0.05) is 6.07 Å². The van der Waals surface area contributed by atoms with Crippen molar-refractivity contribution in [3.05, 3.63) is 22.4 Å². The maximum atomic E-state index is 11.7. The number of esters is 1. The molecule has 2 aliphatic rings. The molecule has 1 saturated carbocycles. The Kier molecular flexibility index (Phi) is 2.55. The minimum atomic E-state index is -0.753. The Labute approximate surface area is 102 Å². The predicted molar refractivity (Wildman–Crippen MR) is 63.6 cm³/mol. The van der Waals surface area contributed by atoms with E-state index in [1.54, 1.807) is 17.5 Å². The van der Waals surface area contributed by atoms with Crippen molar-refractivity contribution in [2.45, 2.75) is 18.9 Å². The molecule has 0 radical (unpaired) electrons. The van der Waals surface area contributed by atoms with Gasteiger partial charge in [0.25, 0.3) is 5.78 Å². The molecular weight excluding hydrogens is 238 g/mol. The van der Waals surface area contributed by atoms with Crippen LogP contribution in [0.4, 0.5) is 0 Å². The normalized spacial score (nSPS) is 25.8. The van der Waals surface area contributed by atoms with Crippen LogP contribution in [0.15, 0.2) is 22.5 Å². The maximum Gasteiger partial charge on any atom is 0.381 e. The van der Waals surface area contributed by atoms with Crippen molar-refractivity contribution >= 4 is 28.8 Å². The summed E-state index contributed by atoms with van der Waals surface area (Å²) in [5.74, 6) is -0.926. The third-order valence-electron chi connectivity index (χ3n) is 3.21. The second kappa shape index (κ2) is 4.07. The largest absolute Gasteiger partial charge is 0.450 e. The predicted octanol–water partition coefficient (Wildman–Crippen LogP) is 1.71. The van der Waals surface area contributed by atoms with Crippen LogP contribution in [-0.2, 0) is 9.53 Å². The van der Waals surface area contributed by atoms with Crippen LogP contribution in [0.2, 0.25) is 0 Å². The molecule has 0 aromatic carbocycles. The Morgan fingerprint density at radius 2 is 2.35 bits per heavy atom. The number of aliphatic imine (C=N–C) groups is 1. The molecule has 1 aromatic rings. The lowest BCUT2D eigenvalue weighted by atomic mass is 9.75. The van der Waals surface area contributed by atoms with Crippen LogP contribution in [0.5, 0.6) is 0 Å². The first kappa shape index (κ1) is 10.7. The molecule has 0 saturated heterocycles. The van der Waals surface area contributed by atoms with E-state index in [-0.39, 0.29) is 6.10 Å². The van der Waals surface area contributed by atoms with Crippen LogP contribution in [-0.4, -0.2) is 30.1 Å². The number of carbonyl (C=O) groups is 2. The van der Waals surface area contributed by atoms with Gasteiger partial charge < -0.3 is 4.74 Å². The minimum absolute atomic E-state index is 0.236. The third kappa shape index (κ3) is 1.80. The van der Waals surface area contributed by atoms with Gasteiger partial charge in [0.05, 0.1) is 10.6 Å². The molecule has 0 amide bonds. The van der Waals surface area contributed by atoms with Crippen molar-refractivity contribution in [1.29, 1.82) is 0 Å². The van der Waals surface area contributed by atoms with Crippen molar-refractivity contribution < 1.29 is 14.3 Å². The SMILES string of the molecule is O=C(OC1C2=NCC[C@@H]1C2)C(=O)c1cccs1. The molecule has 1 unspecified atom stereocenters. The second-order valence-electron chi connectivity index (χ2n) is 4.26. The lowest BCUT2D eigenvalue weighted by Crippen LogP contribution is -2.49. The standard InChI is InChI=1S/C12H11NO3S/c14-10(9-2-1-5-17-9)12(15)16-11-7-3-4-13-8(11)6-7/h1-2,5,7,11H,3-4,6H2/t7-,11?/m1/s1. The van der Waals surface area contributed by atoms with Gasteiger partial charge in [-0.25, -0.2) is 4.79 Å². The summed E-state index contributed by atoms with van der Waals surface area (Å²) in [4.78, 5) is 28.1. The van der Waals surface area contributed by atoms with E-state index < -0.39 is 11.8 Å². The number of thiophene rings is 1. The van der Waals surface area contributed by atoms with Gasteiger partial charge in [-0.05, 0) is 24.3 Å². The number of hydrogen-bond donors (Lipinski definition) is 0. The number of nitrogens with zero attached hydrogens (tertiary/aromatic N) is 1. The molecule has 1 aromatic heterocycles. The molecule has 2 heterocycles. The number of ether oxygens (including phenoxy) is 1. The number of carbonyl (C=O) groups excluding carboxylic acids is 2. The highest BCUT2D eigenvalue weighted by Gasteiger charge is 2.43. The lowest BCUT2D eigenvalue weighted by Gasteiger charge is -2.40. The monoisotopic (exact) mass is 249 g/mol. The summed E-state index contributed by atoms with van der Waals surface area (Å²) in [6.07, 6.45) is 1.64. The Balaban J connectivity index is 1.67. The topological polar surface area (TPSA) is 55.7 Å². The molecular formula is C12H11NO3S. The molecule has 4 nitrogen and oxygen atoms in total. The summed E-state index contributed by atoms with van der Waals surface area (Å²) >= 11 is 1.25. The molecule has 3 rings (SSSR count). The molecule has 5 heteroatoms. The summed E-state index contributed by atoms with van der Waals surface area (Å²) in [5.41, 5.74) is 0.938. The number of hydrogen-bond acceptors (Lipinski definition) is 5. The van der Waals surface area contributed by atoms with Gasteiger partial charge >= 0.3 is 5.97 Å². The Bertz CT molecular complexity index is 492. The first-order chi connectivity index (χ1) is 8.25. The van der Waals surface area contributed by atoms with Crippen LogP contribution >= 0.6 is 11.3 Å². The molecule has 88 valence electrons. The molecule has 1 aliphatic heterocycles. The van der Waals surface area contributed by atoms with Crippen molar-refractivity contribution in [2.24, 2.45) is 10.9 Å². The zero-order valence-electron chi connectivity index (χ0n) is 9.09. The maximum absolute atomic E-state index is 11.7. The van der Waals surface area contributed by atoms with Crippen molar-refractivity contribution in [3.8, 4) is 0 Å². The van der Waals surface area contributed by atoms with Gasteiger partial charge in [0.15, 0.2) is 0 Å². The number of rotatable bonds is 3. The molecule has 0 spiro atoms. The van der Waals surface area contributed by atoms with E-state index in [0.29, 0.717) is 10.8 Å². The zero-order chi connectivity index (χ0) is 11.8. The van der Waals surface area contributed by atoms with Gasteiger partial charge in [0, 0.05) is 12.5 Å². The second-order valence-corrected chi connectivity index (χ2v) is 5.21. The fourth-order valence-electron chi connectivity index (χ4n) is 2.23. The van der Waals surface area contributed by atoms with E-state index in [2.05, 4.69) is 4.99 Å². The average molecular weight is 249 g/mol. The number of ketones is 1. The van der Waals surface area contributed by atoms with Crippen LogP contribution < -0.4 is 0 Å². The van der Waals surface area contributed by atoms with Gasteiger partial charge in [-0.3, -0.25) is 9.79 Å². The van der Waals surface area contributed by atoms with Gasteiger partial charge in [-0.15, -0.1) is 11.3 Å². The van der Waals surface area contributed by atoms with Crippen LogP contribution in [0.1, 0.15) is 22.5 Å². The summed E-state index contributed by atoms with van der Waals surface area (Å²) in [7, 11) is 0. The van der Waals surface area contributed by atoms with Gasteiger partial charge in [0.1, 0.15) is 6.10 Å². The van der Waals surface area contributed by atoms with E-state index in [1.807, 2.05) is 0 Å². The Hall–Kier alpha value is -1.49. The molecule has 0 N–H and O–H groups in total. The fourth-order valence-corrected chi connectivity index (χ4v) is 2.88. The third-order valence-corrected chi connectivity index (χ3v) is 4.08. The van der Waals surface area contributed by atoms with Gasteiger partial charge in [-0.2, -0.15) is 0 Å². The van der Waals surface area contributed by atoms with E-state index in [9.17, 15) is 9.59 Å². The highest BCUT2D eigenvalue weighted by Crippen LogP contribution is 2.35. The van der Waals surface area contributed by atoms with Crippen molar-refractivity contribution in [2.75, 3.05) is 6.54 Å². The Morgan fingerprint density at radius 1 is 1.47 bits per heavy atom. The van der Waals surface area contributed by atoms with E-state index in [4.69, 9.17) is 4.74 Å². The van der Waals surface area contributed by atoms with E-state index >= 15 is 0 Å². The molecule has 2 bridgehead atoms. The summed E-state index contributed by atoms with van der Waals surface area (Å²) in [6, 6.07) is 3.38. The van der Waals surface area contributed by atoms with Crippen LogP contribution in [0, 0.1) is 5.92 Å². The first-order valence-electron chi connectivity index (χ1n) is 5.58. The fraction of sp³-hybridized carbons (Fsp3) is 0.417. The number of Topliss-reactive ketones (excluding diaryl/α,β-unsaturated/α-hetero) is 1. The summed E-state index contributed by atoms with van der Waals surface area (Å²) < 4.78 is 5.23. The average Bonchev–Trinajstić information content (AvgIpc) is 2.89. The van der Waals surface area contributed by atoms with Gasteiger partial charge in [0.2, 0.25) is 0 Å². The van der Waals surface area contributed by atoms with Crippen LogP contribution in [0.25, 0.3) is 0 Å². The molecule has 17 heavy (non-hydrogen) atoms. The zero-order valence-corrected chi connectivity index (χ0v) is 9.90. The van der Waals surface area contributed by atoms with E-state index in [0.717, 1.165) is 25.1 Å². The van der Waals surface area contributed by atoms with Crippen molar-refractivity contribution in [1.82, 2.24) is 0 Å². The minimum Gasteiger partial charge on any atom is -0.450 e. The Morgan fingerprint density at radius 3 is 2.94 bits per heavy atom. The quantitative estimate of drug-likeness (QED) is 0.465. The molecule has 1 fully saturated rings. The highest BCUT2D eigenvalue weighted by atomic mass is 32.1. The van der Waals surface area contributed by atoms with Crippen LogP contribution in [0.3, 0.4) is 0 Å². The first-order valence-corrected chi connectivity index (χ1v) is 6.45. The smallest absolute Gasteiger partial charge is 0.381 e. The lowest BCUT2D eigenvalue weighted by molar-refractivity contribution is -0.144. The summed E-state index contributed by atoms with van der Waals surface area (Å²) in [5, 5.41) is 1.77. The summed E-state index contributed by atoms with van der Waals surface area (Å²) in [6.45, 7) is 0.826.